The number of hydrogen-bond acceptors (Lipinski definition) is 4. The minimum atomic E-state index is -0.296. The number of piperidine rings is 1. The predicted molar refractivity (Wildman–Crippen MR) is 111 cm³/mol. The van der Waals surface area contributed by atoms with Gasteiger partial charge in [-0.15, -0.1) is 0 Å². The van der Waals surface area contributed by atoms with Crippen molar-refractivity contribution in [2.45, 2.75) is 45.2 Å². The average Bonchev–Trinajstić information content (AvgIpc) is 2.69. The third kappa shape index (κ3) is 5.66. The molecule has 0 aliphatic carbocycles. The van der Waals surface area contributed by atoms with E-state index in [-0.39, 0.29) is 18.0 Å². The summed E-state index contributed by atoms with van der Waals surface area (Å²) in [5, 5.41) is 7.85. The van der Waals surface area contributed by atoms with Gasteiger partial charge in [0.1, 0.15) is 6.54 Å². The summed E-state index contributed by atoms with van der Waals surface area (Å²) in [6, 6.07) is 10.9. The minimum Gasteiger partial charge on any atom is -0.354 e. The van der Waals surface area contributed by atoms with Gasteiger partial charge in [-0.1, -0.05) is 30.2 Å². The Kier molecular flexibility index (Phi) is 7.23. The first-order valence-electron chi connectivity index (χ1n) is 9.88. The van der Waals surface area contributed by atoms with Crippen molar-refractivity contribution in [3.63, 3.8) is 0 Å². The second-order valence-corrected chi connectivity index (χ2v) is 7.74. The zero-order valence-corrected chi connectivity index (χ0v) is 17.0. The number of rotatable bonds is 7. The zero-order valence-electron chi connectivity index (χ0n) is 16.2. The van der Waals surface area contributed by atoms with Crippen LogP contribution < -0.4 is 10.9 Å². The van der Waals surface area contributed by atoms with Crippen LogP contribution in [0.5, 0.6) is 0 Å². The van der Waals surface area contributed by atoms with Gasteiger partial charge in [0, 0.05) is 35.8 Å². The molecule has 1 fully saturated rings. The number of aromatic nitrogens is 2. The smallest absolute Gasteiger partial charge is 0.267 e. The molecular weight excluding hydrogens is 376 g/mol. The maximum absolute atomic E-state index is 12.2. The fourth-order valence-electron chi connectivity index (χ4n) is 3.53. The third-order valence-corrected chi connectivity index (χ3v) is 5.44. The van der Waals surface area contributed by atoms with E-state index in [2.05, 4.69) is 22.2 Å². The fourth-order valence-corrected chi connectivity index (χ4v) is 3.65. The van der Waals surface area contributed by atoms with Crippen molar-refractivity contribution < 1.29 is 4.79 Å². The lowest BCUT2D eigenvalue weighted by Gasteiger charge is -2.33. The number of likely N-dealkylation sites (tertiary alicyclic amines) is 1. The van der Waals surface area contributed by atoms with Crippen LogP contribution in [0.4, 0.5) is 0 Å². The summed E-state index contributed by atoms with van der Waals surface area (Å²) in [5.74, 6) is -0.199. The second kappa shape index (κ2) is 9.85. The molecule has 3 rings (SSSR count). The van der Waals surface area contributed by atoms with Crippen molar-refractivity contribution in [3.05, 3.63) is 51.8 Å². The number of nitrogens with zero attached hydrogens (tertiary/aromatic N) is 3. The molecule has 0 bridgehead atoms. The van der Waals surface area contributed by atoms with Gasteiger partial charge in [-0.05, 0) is 50.9 Å². The van der Waals surface area contributed by atoms with Gasteiger partial charge in [0.05, 0.1) is 5.69 Å². The molecule has 1 amide bonds. The molecule has 7 heteroatoms. The number of carbonyl (C=O) groups excluding carboxylic acids is 1. The normalized spacial score (nSPS) is 17.4. The van der Waals surface area contributed by atoms with Crippen molar-refractivity contribution in [3.8, 4) is 11.3 Å². The SMILES string of the molecule is C[C@@H]1CCCCN1CCCNC(=O)Cn1nc(-c2ccc(Cl)cc2)ccc1=O. The highest BCUT2D eigenvalue weighted by molar-refractivity contribution is 6.30. The lowest BCUT2D eigenvalue weighted by atomic mass is 10.0. The van der Waals surface area contributed by atoms with Crippen LogP contribution in [0.25, 0.3) is 11.3 Å². The molecule has 0 spiro atoms. The zero-order chi connectivity index (χ0) is 19.9. The largest absolute Gasteiger partial charge is 0.354 e. The number of halogens is 1. The summed E-state index contributed by atoms with van der Waals surface area (Å²) in [5.41, 5.74) is 1.17. The van der Waals surface area contributed by atoms with E-state index in [0.29, 0.717) is 23.3 Å². The van der Waals surface area contributed by atoms with Crippen LogP contribution in [0.2, 0.25) is 5.02 Å². The number of nitrogens with one attached hydrogen (secondary N) is 1. The molecule has 1 N–H and O–H groups in total. The van der Waals surface area contributed by atoms with Gasteiger partial charge in [0.25, 0.3) is 5.56 Å². The summed E-state index contributed by atoms with van der Waals surface area (Å²) in [4.78, 5) is 26.8. The molecule has 1 aromatic carbocycles. The molecule has 1 saturated heterocycles. The minimum absolute atomic E-state index is 0.0830. The van der Waals surface area contributed by atoms with Crippen LogP contribution >= 0.6 is 11.6 Å². The third-order valence-electron chi connectivity index (χ3n) is 5.18. The molecule has 28 heavy (non-hydrogen) atoms. The number of carbonyl (C=O) groups is 1. The first-order chi connectivity index (χ1) is 13.5. The highest BCUT2D eigenvalue weighted by Crippen LogP contribution is 2.18. The predicted octanol–water partition coefficient (Wildman–Crippen LogP) is 2.94. The van der Waals surface area contributed by atoms with Crippen LogP contribution in [0.3, 0.4) is 0 Å². The molecule has 1 aromatic heterocycles. The lowest BCUT2D eigenvalue weighted by Crippen LogP contribution is -2.39. The Hall–Kier alpha value is -2.18. The van der Waals surface area contributed by atoms with Gasteiger partial charge >= 0.3 is 0 Å². The van der Waals surface area contributed by atoms with Gasteiger partial charge in [-0.25, -0.2) is 4.68 Å². The Morgan fingerprint density at radius 3 is 2.75 bits per heavy atom. The van der Waals surface area contributed by atoms with Gasteiger partial charge < -0.3 is 10.2 Å². The van der Waals surface area contributed by atoms with Gasteiger partial charge in [-0.3, -0.25) is 9.59 Å². The number of amides is 1. The van der Waals surface area contributed by atoms with Crippen LogP contribution in [0.1, 0.15) is 32.6 Å². The van der Waals surface area contributed by atoms with Crippen molar-refractivity contribution >= 4 is 17.5 Å². The van der Waals surface area contributed by atoms with Gasteiger partial charge in [0.2, 0.25) is 5.91 Å². The molecule has 1 aliphatic heterocycles. The standard InChI is InChI=1S/C21H27ClN4O2/c1-16-5-2-3-13-25(16)14-4-12-23-20(27)15-26-21(28)11-10-19(24-26)17-6-8-18(22)9-7-17/h6-11,16H,2-5,12-15H2,1H3,(H,23,27)/t16-/m1/s1. The van der Waals surface area contributed by atoms with E-state index in [4.69, 9.17) is 11.6 Å². The molecular formula is C21H27ClN4O2. The maximum atomic E-state index is 12.2. The number of hydrogen-bond donors (Lipinski definition) is 1. The molecule has 2 aromatic rings. The Labute approximate surface area is 170 Å². The van der Waals surface area contributed by atoms with Crippen molar-refractivity contribution in [1.82, 2.24) is 20.0 Å². The molecule has 0 saturated carbocycles. The Bertz CT molecular complexity index is 850. The van der Waals surface area contributed by atoms with Crippen molar-refractivity contribution in [2.24, 2.45) is 0 Å². The Morgan fingerprint density at radius 2 is 2.00 bits per heavy atom. The average molecular weight is 403 g/mol. The van der Waals surface area contributed by atoms with E-state index in [0.717, 1.165) is 25.1 Å². The molecule has 0 unspecified atom stereocenters. The van der Waals surface area contributed by atoms with Crippen LogP contribution in [0.15, 0.2) is 41.2 Å². The van der Waals surface area contributed by atoms with E-state index in [1.807, 2.05) is 12.1 Å². The van der Waals surface area contributed by atoms with E-state index in [1.165, 1.54) is 30.0 Å². The van der Waals surface area contributed by atoms with E-state index in [1.54, 1.807) is 18.2 Å². The molecule has 2 heterocycles. The molecule has 150 valence electrons. The monoisotopic (exact) mass is 402 g/mol. The van der Waals surface area contributed by atoms with E-state index >= 15 is 0 Å². The van der Waals surface area contributed by atoms with Gasteiger partial charge in [0.15, 0.2) is 0 Å². The first kappa shape index (κ1) is 20.6. The van der Waals surface area contributed by atoms with E-state index < -0.39 is 0 Å². The molecule has 0 radical (unpaired) electrons. The molecule has 1 atom stereocenters. The topological polar surface area (TPSA) is 67.2 Å². The summed E-state index contributed by atoms with van der Waals surface area (Å²) >= 11 is 5.91. The lowest BCUT2D eigenvalue weighted by molar-refractivity contribution is -0.121. The van der Waals surface area contributed by atoms with Crippen LogP contribution in [-0.4, -0.2) is 46.3 Å². The molecule has 6 nitrogen and oxygen atoms in total. The summed E-state index contributed by atoms with van der Waals surface area (Å²) in [7, 11) is 0. The Morgan fingerprint density at radius 1 is 1.21 bits per heavy atom. The van der Waals surface area contributed by atoms with E-state index in [9.17, 15) is 9.59 Å². The summed E-state index contributed by atoms with van der Waals surface area (Å²) in [6.45, 7) is 4.93. The second-order valence-electron chi connectivity index (χ2n) is 7.31. The Balaban J connectivity index is 1.51. The fraction of sp³-hybridized carbons (Fsp3) is 0.476. The summed E-state index contributed by atoms with van der Waals surface area (Å²) < 4.78 is 1.20. The highest BCUT2D eigenvalue weighted by Gasteiger charge is 2.17. The van der Waals surface area contributed by atoms with Gasteiger partial charge in [-0.2, -0.15) is 5.10 Å². The number of benzene rings is 1. The van der Waals surface area contributed by atoms with Crippen molar-refractivity contribution in [2.75, 3.05) is 19.6 Å². The first-order valence-corrected chi connectivity index (χ1v) is 10.3. The quantitative estimate of drug-likeness (QED) is 0.723. The molecule has 1 aliphatic rings. The highest BCUT2D eigenvalue weighted by atomic mass is 35.5. The van der Waals surface area contributed by atoms with Crippen LogP contribution in [0, 0.1) is 0 Å². The van der Waals surface area contributed by atoms with Crippen molar-refractivity contribution in [1.29, 1.82) is 0 Å². The summed E-state index contributed by atoms with van der Waals surface area (Å²) in [6.07, 6.45) is 4.73. The maximum Gasteiger partial charge on any atom is 0.267 e. The van der Waals surface area contributed by atoms with Crippen LogP contribution in [-0.2, 0) is 11.3 Å².